The fraction of sp³-hybridized carbons (Fsp3) is 0.692. The Morgan fingerprint density at radius 1 is 1.03 bits per heavy atom. The van der Waals surface area contributed by atoms with Crippen LogP contribution < -0.4 is 14.4 Å². The van der Waals surface area contributed by atoms with Crippen molar-refractivity contribution in [1.29, 1.82) is 0 Å². The second-order valence-electron chi connectivity index (χ2n) is 12.5. The smallest absolute Gasteiger partial charge is 0.260 e. The number of fused-ring (bicyclic) bond motifs is 2. The molecular formula is C26H44N2O6Si2. The van der Waals surface area contributed by atoms with Crippen molar-refractivity contribution in [3.63, 3.8) is 0 Å². The molecule has 2 aliphatic rings. The van der Waals surface area contributed by atoms with Crippen LogP contribution in [0.25, 0.3) is 0 Å². The SMILES string of the molecule is COc1ccc2c(c1OC)C(=O)N1C[C@H](O[Si](C)(C)C(C)(C)C)C[C@H]1C(=O)N2COCC[Si](C)(C)C. The summed E-state index contributed by atoms with van der Waals surface area (Å²) in [6.45, 7) is 18.8. The van der Waals surface area contributed by atoms with Gasteiger partial charge >= 0.3 is 0 Å². The molecule has 0 spiro atoms. The van der Waals surface area contributed by atoms with Gasteiger partial charge in [-0.05, 0) is 36.3 Å². The van der Waals surface area contributed by atoms with Gasteiger partial charge in [0.25, 0.3) is 11.8 Å². The molecule has 1 fully saturated rings. The molecule has 0 aromatic heterocycles. The maximum absolute atomic E-state index is 14.0. The fourth-order valence-electron chi connectivity index (χ4n) is 4.39. The lowest BCUT2D eigenvalue weighted by molar-refractivity contribution is -0.123. The molecule has 2 amide bonds. The van der Waals surface area contributed by atoms with Gasteiger partial charge in [0.2, 0.25) is 0 Å². The summed E-state index contributed by atoms with van der Waals surface area (Å²) in [4.78, 5) is 31.1. The number of methoxy groups -OCH3 is 2. The van der Waals surface area contributed by atoms with E-state index in [1.54, 1.807) is 21.9 Å². The fourth-order valence-corrected chi connectivity index (χ4v) is 6.51. The van der Waals surface area contributed by atoms with E-state index in [2.05, 4.69) is 53.5 Å². The number of hydrogen-bond donors (Lipinski definition) is 0. The number of hydrogen-bond acceptors (Lipinski definition) is 6. The zero-order chi connectivity index (χ0) is 27.1. The largest absolute Gasteiger partial charge is 0.493 e. The first kappa shape index (κ1) is 28.7. The van der Waals surface area contributed by atoms with Crippen LogP contribution in [0.2, 0.25) is 43.8 Å². The molecule has 1 aromatic rings. The molecule has 2 heterocycles. The molecule has 10 heteroatoms. The highest BCUT2D eigenvalue weighted by atomic mass is 28.4. The lowest BCUT2D eigenvalue weighted by Gasteiger charge is -2.38. The third kappa shape index (κ3) is 5.82. The number of nitrogens with zero attached hydrogens (tertiary/aromatic N) is 2. The van der Waals surface area contributed by atoms with Crippen LogP contribution in [-0.4, -0.2) is 79.4 Å². The molecule has 8 nitrogen and oxygen atoms in total. The van der Waals surface area contributed by atoms with Crippen LogP contribution in [0.4, 0.5) is 5.69 Å². The maximum atomic E-state index is 14.0. The monoisotopic (exact) mass is 536 g/mol. The topological polar surface area (TPSA) is 77.5 Å². The Morgan fingerprint density at radius 2 is 1.69 bits per heavy atom. The second-order valence-corrected chi connectivity index (χ2v) is 22.9. The minimum absolute atomic E-state index is 0.0282. The van der Waals surface area contributed by atoms with Crippen LogP contribution in [-0.2, 0) is 14.0 Å². The maximum Gasteiger partial charge on any atom is 0.260 e. The molecule has 0 unspecified atom stereocenters. The van der Waals surface area contributed by atoms with Crippen LogP contribution in [0.3, 0.4) is 0 Å². The number of ether oxygens (including phenoxy) is 3. The van der Waals surface area contributed by atoms with Crippen LogP contribution in [0.15, 0.2) is 12.1 Å². The first-order valence-electron chi connectivity index (χ1n) is 12.7. The van der Waals surface area contributed by atoms with Gasteiger partial charge in [0, 0.05) is 27.6 Å². The molecule has 2 aliphatic heterocycles. The minimum atomic E-state index is -2.08. The van der Waals surface area contributed by atoms with Crippen LogP contribution in [0.5, 0.6) is 11.5 Å². The molecule has 0 radical (unpaired) electrons. The lowest BCUT2D eigenvalue weighted by Crippen LogP contribution is -2.45. The van der Waals surface area contributed by atoms with Gasteiger partial charge in [-0.2, -0.15) is 0 Å². The van der Waals surface area contributed by atoms with E-state index in [0.29, 0.717) is 42.3 Å². The van der Waals surface area contributed by atoms with Crippen molar-refractivity contribution < 1.29 is 28.2 Å². The highest BCUT2D eigenvalue weighted by molar-refractivity contribution is 6.76. The summed E-state index contributed by atoms with van der Waals surface area (Å²) in [6, 6.07) is 3.86. The molecule has 1 aromatic carbocycles. The average Bonchev–Trinajstić information content (AvgIpc) is 3.16. The van der Waals surface area contributed by atoms with Crippen LogP contribution in [0.1, 0.15) is 37.6 Å². The van der Waals surface area contributed by atoms with E-state index >= 15 is 0 Å². The van der Waals surface area contributed by atoms with Gasteiger partial charge in [-0.15, -0.1) is 0 Å². The predicted molar refractivity (Wildman–Crippen MR) is 148 cm³/mol. The minimum Gasteiger partial charge on any atom is -0.493 e. The van der Waals surface area contributed by atoms with Crippen LogP contribution in [0, 0.1) is 0 Å². The molecular weight excluding hydrogens is 492 g/mol. The molecule has 0 N–H and O–H groups in total. The molecule has 36 heavy (non-hydrogen) atoms. The third-order valence-electron chi connectivity index (χ3n) is 7.59. The van der Waals surface area contributed by atoms with Gasteiger partial charge in [-0.1, -0.05) is 40.4 Å². The predicted octanol–water partition coefficient (Wildman–Crippen LogP) is 4.97. The van der Waals surface area contributed by atoms with Gasteiger partial charge in [0.15, 0.2) is 19.8 Å². The standard InChI is InChI=1S/C26H44N2O6Si2/c1-26(2,3)36(9,10)34-18-15-20-24(29)28(17-33-13-14-35(6,7)8)19-11-12-21(31-4)23(32-5)22(19)25(30)27(20)16-18/h11-12,18,20H,13-17H2,1-10H3/t18-,20+/m1/s1. The van der Waals surface area contributed by atoms with E-state index in [1.807, 2.05) is 0 Å². The van der Waals surface area contributed by atoms with E-state index in [0.717, 1.165) is 6.04 Å². The number of carbonyl (C=O) groups is 2. The lowest BCUT2D eigenvalue weighted by atomic mass is 10.1. The first-order chi connectivity index (χ1) is 16.6. The van der Waals surface area contributed by atoms with Gasteiger partial charge < -0.3 is 23.5 Å². The van der Waals surface area contributed by atoms with Crippen LogP contribution >= 0.6 is 0 Å². The van der Waals surface area contributed by atoms with Crippen molar-refractivity contribution in [2.75, 3.05) is 39.0 Å². The Kier molecular flexibility index (Phi) is 8.34. The van der Waals surface area contributed by atoms with Crippen molar-refractivity contribution in [3.05, 3.63) is 17.7 Å². The molecule has 0 aliphatic carbocycles. The van der Waals surface area contributed by atoms with Gasteiger partial charge in [0.05, 0.1) is 26.0 Å². The van der Waals surface area contributed by atoms with Gasteiger partial charge in [-0.3, -0.25) is 14.5 Å². The summed E-state index contributed by atoms with van der Waals surface area (Å²) in [7, 11) is -0.325. The number of rotatable bonds is 9. The van der Waals surface area contributed by atoms with E-state index in [1.165, 1.54) is 14.2 Å². The summed E-state index contributed by atoms with van der Waals surface area (Å²) in [5, 5.41) is 0.0282. The molecule has 3 rings (SSSR count). The molecule has 202 valence electrons. The Balaban J connectivity index is 1.98. The number of amides is 2. The summed E-state index contributed by atoms with van der Waals surface area (Å²) in [5.41, 5.74) is 0.821. The Bertz CT molecular complexity index is 986. The average molecular weight is 537 g/mol. The zero-order valence-electron chi connectivity index (χ0n) is 23.7. The molecule has 0 bridgehead atoms. The third-order valence-corrected chi connectivity index (χ3v) is 13.8. The van der Waals surface area contributed by atoms with Crippen molar-refractivity contribution in [2.24, 2.45) is 0 Å². The van der Waals surface area contributed by atoms with Crippen molar-refractivity contribution in [3.8, 4) is 11.5 Å². The van der Waals surface area contributed by atoms with E-state index in [-0.39, 0.29) is 29.7 Å². The molecule has 0 saturated carbocycles. The van der Waals surface area contributed by atoms with E-state index in [9.17, 15) is 9.59 Å². The number of anilines is 1. The summed E-state index contributed by atoms with van der Waals surface area (Å²) in [6.07, 6.45) is 0.271. The Morgan fingerprint density at radius 3 is 2.25 bits per heavy atom. The quantitative estimate of drug-likeness (QED) is 0.328. The van der Waals surface area contributed by atoms with Crippen molar-refractivity contribution in [2.45, 2.75) is 83.2 Å². The van der Waals surface area contributed by atoms with Gasteiger partial charge in [0.1, 0.15) is 18.3 Å². The Hall–Kier alpha value is -1.89. The zero-order valence-corrected chi connectivity index (χ0v) is 25.7. The molecule has 2 atom stereocenters. The normalized spacial score (nSPS) is 20.8. The second kappa shape index (κ2) is 10.5. The van der Waals surface area contributed by atoms with E-state index in [4.69, 9.17) is 18.6 Å². The first-order valence-corrected chi connectivity index (χ1v) is 19.4. The van der Waals surface area contributed by atoms with Gasteiger partial charge in [-0.25, -0.2) is 0 Å². The summed E-state index contributed by atoms with van der Waals surface area (Å²) < 4.78 is 23.8. The van der Waals surface area contributed by atoms with Crippen molar-refractivity contribution in [1.82, 2.24) is 4.90 Å². The summed E-state index contributed by atoms with van der Waals surface area (Å²) in [5.74, 6) is 0.381. The highest BCUT2D eigenvalue weighted by Gasteiger charge is 2.49. The number of benzene rings is 1. The Labute approximate surface area is 218 Å². The summed E-state index contributed by atoms with van der Waals surface area (Å²) >= 11 is 0. The van der Waals surface area contributed by atoms with E-state index < -0.39 is 22.4 Å². The number of carbonyl (C=O) groups excluding carboxylic acids is 2. The molecule has 1 saturated heterocycles. The van der Waals surface area contributed by atoms with Crippen molar-refractivity contribution >= 4 is 33.9 Å². The highest BCUT2D eigenvalue weighted by Crippen LogP contribution is 2.44.